The fraction of sp³-hybridized carbons (Fsp3) is 0.654. The number of likely N-dealkylation sites (tertiary alicyclic amines) is 2. The van der Waals surface area contributed by atoms with Crippen molar-refractivity contribution in [3.8, 4) is 0 Å². The number of aromatic nitrogens is 3. The van der Waals surface area contributed by atoms with Crippen LogP contribution < -0.4 is 0 Å². The molecule has 194 valence electrons. The number of hydrogen-bond donors (Lipinski definition) is 0. The van der Waals surface area contributed by atoms with Gasteiger partial charge in [-0.3, -0.25) is 14.5 Å². The van der Waals surface area contributed by atoms with Crippen LogP contribution in [0.2, 0.25) is 0 Å². The summed E-state index contributed by atoms with van der Waals surface area (Å²) < 4.78 is 11.5. The normalized spacial score (nSPS) is 22.5. The van der Waals surface area contributed by atoms with Crippen LogP contribution in [0.1, 0.15) is 73.0 Å². The highest BCUT2D eigenvalue weighted by atomic mass is 16.5. The molecule has 3 aliphatic heterocycles. The van der Waals surface area contributed by atoms with Gasteiger partial charge < -0.3 is 19.0 Å². The molecule has 2 aromatic heterocycles. The maximum absolute atomic E-state index is 13.1. The molecule has 0 aromatic carbocycles. The zero-order valence-corrected chi connectivity index (χ0v) is 21.5. The maximum atomic E-state index is 13.1. The van der Waals surface area contributed by atoms with Crippen molar-refractivity contribution < 1.29 is 18.7 Å². The minimum Gasteiger partial charge on any atom is -0.423 e. The van der Waals surface area contributed by atoms with Crippen molar-refractivity contribution in [3.05, 3.63) is 41.4 Å². The number of nitrogens with zero attached hydrogens (tertiary/aromatic N) is 6. The van der Waals surface area contributed by atoms with E-state index < -0.39 is 0 Å². The highest BCUT2D eigenvalue weighted by molar-refractivity contribution is 5.92. The first-order valence-electron chi connectivity index (χ1n) is 13.0. The molecule has 0 N–H and O–H groups in total. The third-order valence-electron chi connectivity index (χ3n) is 7.76. The smallest absolute Gasteiger partial charge is 0.272 e. The summed E-state index contributed by atoms with van der Waals surface area (Å²) in [5.41, 5.74) is 1.34. The summed E-state index contributed by atoms with van der Waals surface area (Å²) in [6.07, 6.45) is 2.58. The zero-order valence-electron chi connectivity index (χ0n) is 21.5. The number of pyridine rings is 1. The second-order valence-corrected chi connectivity index (χ2v) is 10.7. The van der Waals surface area contributed by atoms with E-state index in [0.717, 1.165) is 31.5 Å². The van der Waals surface area contributed by atoms with Gasteiger partial charge in [-0.25, -0.2) is 4.98 Å². The van der Waals surface area contributed by atoms with Crippen LogP contribution in [0, 0.1) is 12.3 Å². The monoisotopic (exact) mass is 496 g/mol. The molecule has 0 aliphatic carbocycles. The van der Waals surface area contributed by atoms with E-state index in [1.807, 2.05) is 42.7 Å². The Morgan fingerprint density at radius 1 is 1.08 bits per heavy atom. The van der Waals surface area contributed by atoms with E-state index in [9.17, 15) is 9.59 Å². The molecule has 3 saturated heterocycles. The molecule has 2 amide bonds. The molecule has 10 nitrogen and oxygen atoms in total. The number of hydrogen-bond acceptors (Lipinski definition) is 8. The van der Waals surface area contributed by atoms with E-state index in [0.29, 0.717) is 63.4 Å². The first kappa shape index (κ1) is 24.8. The van der Waals surface area contributed by atoms with Gasteiger partial charge in [-0.2, -0.15) is 0 Å². The van der Waals surface area contributed by atoms with Gasteiger partial charge in [0.2, 0.25) is 17.7 Å². The molecule has 36 heavy (non-hydrogen) atoms. The molecule has 0 bridgehead atoms. The molecule has 1 spiro atoms. The summed E-state index contributed by atoms with van der Waals surface area (Å²) in [7, 11) is 0. The quantitative estimate of drug-likeness (QED) is 0.622. The van der Waals surface area contributed by atoms with Gasteiger partial charge in [-0.15, -0.1) is 10.2 Å². The van der Waals surface area contributed by atoms with Crippen LogP contribution in [0.15, 0.2) is 22.6 Å². The van der Waals surface area contributed by atoms with Crippen LogP contribution in [-0.2, 0) is 9.53 Å². The molecule has 5 rings (SSSR count). The van der Waals surface area contributed by atoms with E-state index in [1.54, 1.807) is 6.07 Å². The van der Waals surface area contributed by atoms with Crippen molar-refractivity contribution in [2.45, 2.75) is 52.0 Å². The van der Waals surface area contributed by atoms with Gasteiger partial charge in [-0.05, 0) is 43.7 Å². The van der Waals surface area contributed by atoms with Crippen LogP contribution in [0.3, 0.4) is 0 Å². The lowest BCUT2D eigenvalue weighted by atomic mass is 9.76. The maximum Gasteiger partial charge on any atom is 0.272 e. The van der Waals surface area contributed by atoms with Crippen LogP contribution >= 0.6 is 0 Å². The standard InChI is InChI=1S/C26H36N6O4/c1-18(2)23-28-29-24(36-23)21-15-26(17-32(21)16-22(33)30-11-13-35-14-12-30)7-9-31(10-8-26)25(34)20-6-4-5-19(3)27-20/h4-6,18,21H,7-17H2,1-3H3. The minimum absolute atomic E-state index is 0.000761. The number of morpholine rings is 1. The van der Waals surface area contributed by atoms with Crippen molar-refractivity contribution in [2.75, 3.05) is 52.5 Å². The third-order valence-corrected chi connectivity index (χ3v) is 7.76. The van der Waals surface area contributed by atoms with Crippen molar-refractivity contribution in [2.24, 2.45) is 5.41 Å². The Kier molecular flexibility index (Phi) is 7.07. The SMILES string of the molecule is Cc1cccc(C(=O)N2CCC3(CC2)CC(c2nnc(C(C)C)o2)N(CC(=O)N2CCOCC2)C3)n1. The molecule has 10 heteroatoms. The summed E-state index contributed by atoms with van der Waals surface area (Å²) in [6.45, 7) is 10.8. The van der Waals surface area contributed by atoms with Crippen molar-refractivity contribution in [3.63, 3.8) is 0 Å². The largest absolute Gasteiger partial charge is 0.423 e. The summed E-state index contributed by atoms with van der Waals surface area (Å²) in [5.74, 6) is 1.46. The lowest BCUT2D eigenvalue weighted by Crippen LogP contribution is -2.47. The summed E-state index contributed by atoms with van der Waals surface area (Å²) >= 11 is 0. The predicted octanol–water partition coefficient (Wildman–Crippen LogP) is 2.42. The molecule has 5 heterocycles. The summed E-state index contributed by atoms with van der Waals surface area (Å²) in [5, 5.41) is 8.64. The van der Waals surface area contributed by atoms with Gasteiger partial charge >= 0.3 is 0 Å². The van der Waals surface area contributed by atoms with E-state index in [1.165, 1.54) is 0 Å². The van der Waals surface area contributed by atoms with Crippen molar-refractivity contribution >= 4 is 11.8 Å². The van der Waals surface area contributed by atoms with Gasteiger partial charge in [0.1, 0.15) is 5.69 Å². The Morgan fingerprint density at radius 3 is 2.50 bits per heavy atom. The highest BCUT2D eigenvalue weighted by Crippen LogP contribution is 2.49. The molecular formula is C26H36N6O4. The summed E-state index contributed by atoms with van der Waals surface area (Å²) in [6, 6.07) is 5.46. The van der Waals surface area contributed by atoms with Gasteiger partial charge in [0.05, 0.1) is 25.8 Å². The Labute approximate surface area is 212 Å². The fourth-order valence-electron chi connectivity index (χ4n) is 5.63. The predicted molar refractivity (Wildman–Crippen MR) is 131 cm³/mol. The molecule has 3 fully saturated rings. The Hall–Kier alpha value is -2.85. The molecule has 3 aliphatic rings. The molecule has 1 atom stereocenters. The number of rotatable bonds is 5. The van der Waals surface area contributed by atoms with Crippen molar-refractivity contribution in [1.82, 2.24) is 29.9 Å². The highest BCUT2D eigenvalue weighted by Gasteiger charge is 2.49. The number of carbonyl (C=O) groups excluding carboxylic acids is 2. The third kappa shape index (κ3) is 5.15. The number of piperidine rings is 1. The average Bonchev–Trinajstić information content (AvgIpc) is 3.50. The van der Waals surface area contributed by atoms with E-state index >= 15 is 0 Å². The average molecular weight is 497 g/mol. The van der Waals surface area contributed by atoms with E-state index in [2.05, 4.69) is 20.1 Å². The second kappa shape index (κ2) is 10.3. The lowest BCUT2D eigenvalue weighted by Gasteiger charge is -2.39. The number of carbonyl (C=O) groups is 2. The van der Waals surface area contributed by atoms with E-state index in [-0.39, 0.29) is 29.2 Å². The summed E-state index contributed by atoms with van der Waals surface area (Å²) in [4.78, 5) is 36.6. The number of ether oxygens (including phenoxy) is 1. The number of amides is 2. The van der Waals surface area contributed by atoms with Crippen LogP contribution in [-0.4, -0.2) is 94.2 Å². The molecule has 0 saturated carbocycles. The Balaban J connectivity index is 1.30. The Morgan fingerprint density at radius 2 is 1.83 bits per heavy atom. The second-order valence-electron chi connectivity index (χ2n) is 10.7. The van der Waals surface area contributed by atoms with Crippen molar-refractivity contribution in [1.29, 1.82) is 0 Å². The fourth-order valence-corrected chi connectivity index (χ4v) is 5.63. The zero-order chi connectivity index (χ0) is 25.3. The molecule has 1 unspecified atom stereocenters. The van der Waals surface area contributed by atoms with Gasteiger partial charge in [0.25, 0.3) is 5.91 Å². The Bertz CT molecular complexity index is 1090. The van der Waals surface area contributed by atoms with Crippen LogP contribution in [0.25, 0.3) is 0 Å². The van der Waals surface area contributed by atoms with Gasteiger partial charge in [0.15, 0.2) is 0 Å². The first-order chi connectivity index (χ1) is 17.3. The van der Waals surface area contributed by atoms with Gasteiger partial charge in [0, 0.05) is 44.3 Å². The first-order valence-corrected chi connectivity index (χ1v) is 13.0. The van der Waals surface area contributed by atoms with Crippen LogP contribution in [0.4, 0.5) is 0 Å². The molecular weight excluding hydrogens is 460 g/mol. The number of aryl methyl sites for hydroxylation is 1. The van der Waals surface area contributed by atoms with Crippen LogP contribution in [0.5, 0.6) is 0 Å². The minimum atomic E-state index is -0.101. The topological polar surface area (TPSA) is 105 Å². The lowest BCUT2D eigenvalue weighted by molar-refractivity contribution is -0.136. The molecule has 0 radical (unpaired) electrons. The van der Waals surface area contributed by atoms with E-state index in [4.69, 9.17) is 9.15 Å². The van der Waals surface area contributed by atoms with Gasteiger partial charge in [-0.1, -0.05) is 19.9 Å². The molecule has 2 aromatic rings.